The van der Waals surface area contributed by atoms with Gasteiger partial charge in [-0.15, -0.1) is 10.2 Å². The van der Waals surface area contributed by atoms with E-state index in [9.17, 15) is 4.79 Å². The first kappa shape index (κ1) is 22.3. The lowest BCUT2D eigenvalue weighted by molar-refractivity contribution is -0.122. The zero-order chi connectivity index (χ0) is 22.1. The molecule has 31 heavy (non-hydrogen) atoms. The second-order valence-electron chi connectivity index (χ2n) is 7.18. The van der Waals surface area contributed by atoms with E-state index in [1.807, 2.05) is 19.2 Å². The molecule has 4 rings (SSSR count). The fourth-order valence-corrected chi connectivity index (χ4v) is 4.20. The Morgan fingerprint density at radius 1 is 1.35 bits per heavy atom. The quantitative estimate of drug-likeness (QED) is 0.469. The van der Waals surface area contributed by atoms with Crippen LogP contribution in [0, 0.1) is 12.8 Å². The van der Waals surface area contributed by atoms with Crippen LogP contribution < -0.4 is 10.2 Å². The van der Waals surface area contributed by atoms with Crippen LogP contribution in [0.3, 0.4) is 0 Å². The van der Waals surface area contributed by atoms with E-state index in [0.717, 1.165) is 53.7 Å². The van der Waals surface area contributed by atoms with Gasteiger partial charge in [0.05, 0.1) is 11.9 Å². The number of imidazole rings is 1. The number of hydrogen-bond donors (Lipinski definition) is 3. The number of amides is 1. The molecular formula is C20H25N7O3S. The van der Waals surface area contributed by atoms with Gasteiger partial charge in [0.15, 0.2) is 0 Å². The van der Waals surface area contributed by atoms with E-state index in [0.29, 0.717) is 18.0 Å². The average molecular weight is 444 g/mol. The second kappa shape index (κ2) is 11.2. The molecule has 0 aromatic carbocycles. The molecule has 164 valence electrons. The number of aryl methyl sites for hydroxylation is 1. The number of H-pyrrole nitrogens is 1. The number of pyridine rings is 1. The highest BCUT2D eigenvalue weighted by atomic mass is 32.1. The van der Waals surface area contributed by atoms with E-state index < -0.39 is 0 Å². The van der Waals surface area contributed by atoms with E-state index in [4.69, 9.17) is 9.90 Å². The number of aromatic amines is 1. The van der Waals surface area contributed by atoms with E-state index >= 15 is 0 Å². The standard InChI is InChI=1S/C19H23N7OS.CH2O2/c1-13-24-25-19(28-13)26-5-3-14(11-26)6-15-7-16(9-20-8-15)18(27)22-4-2-17-10-21-12-23-17;2-1-3/h7-10,12,14H,2-6,11H2,1H3,(H,21,23)(H,22,27);1H,(H,2,3). The molecule has 1 aliphatic rings. The van der Waals surface area contributed by atoms with Gasteiger partial charge in [0, 0.05) is 50.3 Å². The van der Waals surface area contributed by atoms with Gasteiger partial charge in [0.25, 0.3) is 12.4 Å². The van der Waals surface area contributed by atoms with Crippen molar-refractivity contribution in [2.24, 2.45) is 5.92 Å². The number of hydrogen-bond acceptors (Lipinski definition) is 8. The maximum atomic E-state index is 12.4. The number of carbonyl (C=O) groups excluding carboxylic acids is 1. The highest BCUT2D eigenvalue weighted by molar-refractivity contribution is 7.15. The molecule has 1 unspecified atom stereocenters. The molecule has 3 aromatic heterocycles. The Morgan fingerprint density at radius 3 is 2.90 bits per heavy atom. The average Bonchev–Trinajstić information content (AvgIpc) is 3.51. The van der Waals surface area contributed by atoms with Crippen molar-refractivity contribution < 1.29 is 14.7 Å². The van der Waals surface area contributed by atoms with E-state index in [2.05, 4.69) is 35.4 Å². The minimum absolute atomic E-state index is 0.0914. The van der Waals surface area contributed by atoms with Crippen LogP contribution in [0.5, 0.6) is 0 Å². The third-order valence-electron chi connectivity index (χ3n) is 4.89. The molecule has 0 saturated carbocycles. The maximum absolute atomic E-state index is 12.4. The number of nitrogens with one attached hydrogen (secondary N) is 2. The number of carboxylic acid groups (broad SMARTS) is 1. The molecule has 4 heterocycles. The highest BCUT2D eigenvalue weighted by Crippen LogP contribution is 2.28. The summed E-state index contributed by atoms with van der Waals surface area (Å²) in [7, 11) is 0. The third-order valence-corrected chi connectivity index (χ3v) is 5.79. The normalized spacial score (nSPS) is 15.3. The summed E-state index contributed by atoms with van der Waals surface area (Å²) in [6.45, 7) is 4.26. The predicted molar refractivity (Wildman–Crippen MR) is 116 cm³/mol. The molecular weight excluding hydrogens is 418 g/mol. The van der Waals surface area contributed by atoms with Gasteiger partial charge in [-0.05, 0) is 37.3 Å². The van der Waals surface area contributed by atoms with Crippen LogP contribution in [0.2, 0.25) is 0 Å². The van der Waals surface area contributed by atoms with Gasteiger partial charge < -0.3 is 20.3 Å². The number of nitrogens with zero attached hydrogens (tertiary/aromatic N) is 5. The summed E-state index contributed by atoms with van der Waals surface area (Å²) in [4.78, 5) is 34.3. The number of anilines is 1. The first-order valence-electron chi connectivity index (χ1n) is 9.91. The Balaban J connectivity index is 0.000000858. The number of rotatable bonds is 7. The van der Waals surface area contributed by atoms with Crippen LogP contribution in [0.15, 0.2) is 31.0 Å². The second-order valence-corrected chi connectivity index (χ2v) is 8.34. The van der Waals surface area contributed by atoms with Crippen molar-refractivity contribution in [3.63, 3.8) is 0 Å². The van der Waals surface area contributed by atoms with Crippen LogP contribution in [0.25, 0.3) is 0 Å². The maximum Gasteiger partial charge on any atom is 0.290 e. The molecule has 0 spiro atoms. The Bertz CT molecular complexity index is 977. The lowest BCUT2D eigenvalue weighted by Gasteiger charge is -2.14. The zero-order valence-corrected chi connectivity index (χ0v) is 18.0. The van der Waals surface area contributed by atoms with Crippen molar-refractivity contribution in [2.45, 2.75) is 26.2 Å². The summed E-state index contributed by atoms with van der Waals surface area (Å²) in [6, 6.07) is 1.95. The van der Waals surface area contributed by atoms with Gasteiger partial charge >= 0.3 is 0 Å². The van der Waals surface area contributed by atoms with Crippen LogP contribution in [-0.4, -0.2) is 62.3 Å². The van der Waals surface area contributed by atoms with Gasteiger partial charge in [-0.2, -0.15) is 0 Å². The molecule has 10 nitrogen and oxygen atoms in total. The van der Waals surface area contributed by atoms with Crippen molar-refractivity contribution in [2.75, 3.05) is 24.5 Å². The SMILES string of the molecule is Cc1nnc(N2CCC(Cc3cncc(C(=O)NCCc4cnc[nH]4)c3)C2)s1.O=CO. The van der Waals surface area contributed by atoms with E-state index in [1.54, 1.807) is 30.1 Å². The summed E-state index contributed by atoms with van der Waals surface area (Å²) in [5.41, 5.74) is 2.71. The summed E-state index contributed by atoms with van der Waals surface area (Å²) >= 11 is 1.64. The predicted octanol–water partition coefficient (Wildman–Crippen LogP) is 1.71. The molecule has 1 fully saturated rings. The smallest absolute Gasteiger partial charge is 0.290 e. The molecule has 3 N–H and O–H groups in total. The first-order chi connectivity index (χ1) is 15.1. The molecule has 0 radical (unpaired) electrons. The molecule has 1 aliphatic heterocycles. The Hall–Kier alpha value is -3.34. The molecule has 3 aromatic rings. The molecule has 1 atom stereocenters. The van der Waals surface area contributed by atoms with Crippen molar-refractivity contribution >= 4 is 28.8 Å². The van der Waals surface area contributed by atoms with Gasteiger partial charge in [0.1, 0.15) is 5.01 Å². The number of aromatic nitrogens is 5. The van der Waals surface area contributed by atoms with Crippen molar-refractivity contribution in [1.82, 2.24) is 30.5 Å². The molecule has 0 aliphatic carbocycles. The van der Waals surface area contributed by atoms with Crippen molar-refractivity contribution in [3.05, 3.63) is 52.8 Å². The largest absolute Gasteiger partial charge is 0.483 e. The lowest BCUT2D eigenvalue weighted by Crippen LogP contribution is -2.26. The monoisotopic (exact) mass is 443 g/mol. The summed E-state index contributed by atoms with van der Waals surface area (Å²) in [5, 5.41) is 20.2. The Kier molecular flexibility index (Phi) is 8.05. The highest BCUT2D eigenvalue weighted by Gasteiger charge is 2.25. The van der Waals surface area contributed by atoms with Crippen LogP contribution in [0.4, 0.5) is 5.13 Å². The fraction of sp³-hybridized carbons (Fsp3) is 0.400. The molecule has 1 amide bonds. The van der Waals surface area contributed by atoms with E-state index in [-0.39, 0.29) is 12.4 Å². The van der Waals surface area contributed by atoms with Gasteiger partial charge in [-0.3, -0.25) is 14.6 Å². The number of carbonyl (C=O) groups is 2. The van der Waals surface area contributed by atoms with Crippen molar-refractivity contribution in [1.29, 1.82) is 0 Å². The van der Waals surface area contributed by atoms with E-state index in [1.165, 1.54) is 0 Å². The Labute approximate surface area is 183 Å². The zero-order valence-electron chi connectivity index (χ0n) is 17.2. The minimum Gasteiger partial charge on any atom is -0.483 e. The topological polar surface area (TPSA) is 137 Å². The molecule has 0 bridgehead atoms. The molecule has 1 saturated heterocycles. The Morgan fingerprint density at radius 2 is 2.19 bits per heavy atom. The van der Waals surface area contributed by atoms with Gasteiger partial charge in [0.2, 0.25) is 5.13 Å². The summed E-state index contributed by atoms with van der Waals surface area (Å²) in [6.07, 6.45) is 9.64. The third kappa shape index (κ3) is 6.57. The summed E-state index contributed by atoms with van der Waals surface area (Å²) < 4.78 is 0. The van der Waals surface area contributed by atoms with Gasteiger partial charge in [-0.1, -0.05) is 11.3 Å². The van der Waals surface area contributed by atoms with Crippen LogP contribution >= 0.6 is 11.3 Å². The van der Waals surface area contributed by atoms with Crippen LogP contribution in [0.1, 0.15) is 33.0 Å². The first-order valence-corrected chi connectivity index (χ1v) is 10.7. The fourth-order valence-electron chi connectivity index (χ4n) is 3.48. The minimum atomic E-state index is -0.250. The van der Waals surface area contributed by atoms with Crippen LogP contribution in [-0.2, 0) is 17.6 Å². The molecule has 11 heteroatoms. The van der Waals surface area contributed by atoms with Gasteiger partial charge in [-0.25, -0.2) is 4.98 Å². The lowest BCUT2D eigenvalue weighted by atomic mass is 9.99. The summed E-state index contributed by atoms with van der Waals surface area (Å²) in [5.74, 6) is 0.441. The van der Waals surface area contributed by atoms with Crippen molar-refractivity contribution in [3.8, 4) is 0 Å².